The molecule has 0 atom stereocenters. The summed E-state index contributed by atoms with van der Waals surface area (Å²) >= 11 is 0. The largest absolute Gasteiger partial charge is 0.0632 e. The summed E-state index contributed by atoms with van der Waals surface area (Å²) in [6.07, 6.45) is 1.28. The number of hydrogen-bond acceptors (Lipinski definition) is 0. The van der Waals surface area contributed by atoms with Gasteiger partial charge in [-0.2, -0.15) is 0 Å². The van der Waals surface area contributed by atoms with E-state index in [-0.39, 0.29) is 9.52 Å². The van der Waals surface area contributed by atoms with Gasteiger partial charge in [0.1, 0.15) is 0 Å². The van der Waals surface area contributed by atoms with Crippen LogP contribution in [0.15, 0.2) is 30.3 Å². The van der Waals surface area contributed by atoms with Crippen LogP contribution in [0.4, 0.5) is 0 Å². The maximum absolute atomic E-state index is 2.37. The molecule has 0 fully saturated rings. The average Bonchev–Trinajstić information content (AvgIpc) is 2.04. The molecule has 0 radical (unpaired) electrons. The highest BCUT2D eigenvalue weighted by Crippen LogP contribution is 2.22. The zero-order valence-electron chi connectivity index (χ0n) is 9.01. The lowest BCUT2D eigenvalue weighted by Crippen LogP contribution is -2.08. The molecule has 1 heteroatoms. The smallest absolute Gasteiger partial charge is 0.0263 e. The number of hydrogen-bond donors (Lipinski definition) is 0. The molecule has 13 heavy (non-hydrogen) atoms. The van der Waals surface area contributed by atoms with E-state index in [1.165, 1.54) is 18.0 Å². The second-order valence-electron chi connectivity index (χ2n) is 4.90. The third kappa shape index (κ3) is 4.89. The lowest BCUT2D eigenvalue weighted by molar-refractivity contribution is 0.747. The van der Waals surface area contributed by atoms with Gasteiger partial charge in [0.05, 0.1) is 0 Å². The fraction of sp³-hybridized carbons (Fsp3) is 0.500. The summed E-state index contributed by atoms with van der Waals surface area (Å²) in [4.78, 5) is 0. The van der Waals surface area contributed by atoms with Gasteiger partial charge in [-0.05, 0) is 17.0 Å². The fourth-order valence-electron chi connectivity index (χ4n) is 1.47. The predicted octanol–water partition coefficient (Wildman–Crippen LogP) is 3.03. The molecule has 72 valence electrons. The molecule has 0 aliphatic heterocycles. The lowest BCUT2D eigenvalue weighted by Gasteiger charge is -2.16. The second kappa shape index (κ2) is 4.61. The summed E-state index contributed by atoms with van der Waals surface area (Å²) in [7, 11) is 0.106. The normalized spacial score (nSPS) is 12.5. The highest BCUT2D eigenvalue weighted by atomic mass is 28.2. The Balaban J connectivity index is 2.29. The first-order valence-corrected chi connectivity index (χ1v) is 6.82. The molecule has 0 N–H and O–H groups in total. The van der Waals surface area contributed by atoms with Crippen LogP contribution in [0, 0.1) is 0 Å². The van der Waals surface area contributed by atoms with Crippen LogP contribution < -0.4 is 0 Å². The molecule has 0 aromatic heterocycles. The predicted molar refractivity (Wildman–Crippen MR) is 63.2 cm³/mol. The molecule has 1 rings (SSSR count). The molecule has 0 amide bonds. The van der Waals surface area contributed by atoms with Crippen molar-refractivity contribution < 1.29 is 0 Å². The van der Waals surface area contributed by atoms with Crippen LogP contribution in [0.5, 0.6) is 0 Å². The molecule has 1 aromatic carbocycles. The summed E-state index contributed by atoms with van der Waals surface area (Å²) in [6.45, 7) is 7.10. The van der Waals surface area contributed by atoms with E-state index in [4.69, 9.17) is 0 Å². The van der Waals surface area contributed by atoms with Gasteiger partial charge in [-0.25, -0.2) is 0 Å². The Morgan fingerprint density at radius 2 is 1.69 bits per heavy atom. The average molecular weight is 192 g/mol. The van der Waals surface area contributed by atoms with Gasteiger partial charge >= 0.3 is 0 Å². The van der Waals surface area contributed by atoms with Crippen molar-refractivity contribution in [1.82, 2.24) is 0 Å². The quantitative estimate of drug-likeness (QED) is 0.646. The van der Waals surface area contributed by atoms with Gasteiger partial charge in [0.15, 0.2) is 0 Å². The molecule has 0 unspecified atom stereocenters. The molecule has 0 saturated heterocycles. The monoisotopic (exact) mass is 192 g/mol. The molecular formula is C12H20Si. The zero-order valence-corrected chi connectivity index (χ0v) is 10.4. The Morgan fingerprint density at radius 3 is 2.23 bits per heavy atom. The van der Waals surface area contributed by atoms with Crippen molar-refractivity contribution >= 4 is 9.52 Å². The molecule has 0 heterocycles. The van der Waals surface area contributed by atoms with Gasteiger partial charge in [0.2, 0.25) is 0 Å². The Labute approximate surface area is 84.2 Å². The number of benzene rings is 1. The van der Waals surface area contributed by atoms with Crippen molar-refractivity contribution in [2.45, 2.75) is 38.3 Å². The topological polar surface area (TPSA) is 0 Å². The molecule has 0 aliphatic carbocycles. The van der Waals surface area contributed by atoms with Gasteiger partial charge < -0.3 is 0 Å². The highest BCUT2D eigenvalue weighted by Gasteiger charge is 2.09. The van der Waals surface area contributed by atoms with Crippen LogP contribution in [0.3, 0.4) is 0 Å². The first-order valence-electron chi connectivity index (χ1n) is 5.12. The Hall–Kier alpha value is -0.563. The fourth-order valence-corrected chi connectivity index (χ4v) is 3.11. The second-order valence-corrected chi connectivity index (χ2v) is 8.23. The van der Waals surface area contributed by atoms with E-state index in [1.54, 1.807) is 0 Å². The summed E-state index contributed by atoms with van der Waals surface area (Å²) in [5.74, 6) is 0. The first-order chi connectivity index (χ1) is 6.08. The SMILES string of the molecule is CC(C)(C)[SiH2]CCc1ccccc1. The first kappa shape index (κ1) is 10.5. The molecule has 0 nitrogen and oxygen atoms in total. The van der Waals surface area contributed by atoms with E-state index in [9.17, 15) is 0 Å². The van der Waals surface area contributed by atoms with Crippen LogP contribution in [0.2, 0.25) is 11.1 Å². The van der Waals surface area contributed by atoms with Crippen LogP contribution in [-0.4, -0.2) is 9.52 Å². The maximum atomic E-state index is 2.37. The van der Waals surface area contributed by atoms with E-state index in [0.29, 0.717) is 5.04 Å². The molecule has 0 bridgehead atoms. The van der Waals surface area contributed by atoms with Crippen molar-refractivity contribution in [2.75, 3.05) is 0 Å². The van der Waals surface area contributed by atoms with Crippen LogP contribution >= 0.6 is 0 Å². The van der Waals surface area contributed by atoms with Crippen molar-refractivity contribution in [3.8, 4) is 0 Å². The van der Waals surface area contributed by atoms with Gasteiger partial charge in [0, 0.05) is 9.52 Å². The standard InChI is InChI=1S/C12H20Si/c1-12(2,3)13-10-9-11-7-5-4-6-8-11/h4-8H,9-10,13H2,1-3H3. The molecule has 0 saturated carbocycles. The summed E-state index contributed by atoms with van der Waals surface area (Å²) in [6, 6.07) is 12.3. The van der Waals surface area contributed by atoms with Crippen molar-refractivity contribution in [1.29, 1.82) is 0 Å². The van der Waals surface area contributed by atoms with E-state index >= 15 is 0 Å². The molecular weight excluding hydrogens is 172 g/mol. The Bertz CT molecular complexity index is 233. The minimum Gasteiger partial charge on any atom is -0.0632 e. The van der Waals surface area contributed by atoms with Gasteiger partial charge in [-0.1, -0.05) is 57.1 Å². The number of rotatable bonds is 3. The third-order valence-corrected chi connectivity index (χ3v) is 4.44. The Morgan fingerprint density at radius 1 is 1.08 bits per heavy atom. The van der Waals surface area contributed by atoms with E-state index in [1.807, 2.05) is 0 Å². The summed E-state index contributed by atoms with van der Waals surface area (Å²) in [5.41, 5.74) is 1.50. The van der Waals surface area contributed by atoms with Crippen molar-refractivity contribution in [3.05, 3.63) is 35.9 Å². The van der Waals surface area contributed by atoms with Gasteiger partial charge in [-0.3, -0.25) is 0 Å². The maximum Gasteiger partial charge on any atom is 0.0263 e. The minimum atomic E-state index is 0.106. The highest BCUT2D eigenvalue weighted by molar-refractivity contribution is 6.39. The Kier molecular flexibility index (Phi) is 3.73. The van der Waals surface area contributed by atoms with E-state index < -0.39 is 0 Å². The van der Waals surface area contributed by atoms with Gasteiger partial charge in [-0.15, -0.1) is 0 Å². The van der Waals surface area contributed by atoms with Crippen LogP contribution in [0.25, 0.3) is 0 Å². The third-order valence-electron chi connectivity index (χ3n) is 2.24. The van der Waals surface area contributed by atoms with Crippen molar-refractivity contribution in [3.63, 3.8) is 0 Å². The summed E-state index contributed by atoms with van der Waals surface area (Å²) < 4.78 is 0. The van der Waals surface area contributed by atoms with Crippen LogP contribution in [0.1, 0.15) is 26.3 Å². The molecule has 0 spiro atoms. The minimum absolute atomic E-state index is 0.106. The van der Waals surface area contributed by atoms with E-state index in [0.717, 1.165) is 0 Å². The van der Waals surface area contributed by atoms with E-state index in [2.05, 4.69) is 51.1 Å². The molecule has 1 aromatic rings. The lowest BCUT2D eigenvalue weighted by atomic mass is 10.2. The van der Waals surface area contributed by atoms with Gasteiger partial charge in [0.25, 0.3) is 0 Å². The molecule has 0 aliphatic rings. The summed E-state index contributed by atoms with van der Waals surface area (Å²) in [5, 5.41) is 0.620. The van der Waals surface area contributed by atoms with Crippen molar-refractivity contribution in [2.24, 2.45) is 0 Å². The zero-order chi connectivity index (χ0) is 9.73. The van der Waals surface area contributed by atoms with Crippen LogP contribution in [-0.2, 0) is 6.42 Å². The number of aryl methyl sites for hydroxylation is 1.